The third kappa shape index (κ3) is 6.40. The number of ether oxygens (including phenoxy) is 2. The number of nitrogens with one attached hydrogen (secondary N) is 1. The van der Waals surface area contributed by atoms with Crippen LogP contribution in [-0.2, 0) is 20.9 Å². The Morgan fingerprint density at radius 1 is 0.974 bits per heavy atom. The molecule has 202 valence electrons. The molecule has 1 fully saturated rings. The number of nitrogens with zero attached hydrogens (tertiary/aromatic N) is 2. The van der Waals surface area contributed by atoms with Crippen molar-refractivity contribution < 1.29 is 28.2 Å². The van der Waals surface area contributed by atoms with Gasteiger partial charge in [-0.05, 0) is 80.7 Å². The van der Waals surface area contributed by atoms with Gasteiger partial charge in [-0.15, -0.1) is 0 Å². The van der Waals surface area contributed by atoms with Crippen LogP contribution < -0.4 is 15.0 Å². The zero-order valence-corrected chi connectivity index (χ0v) is 22.4. The minimum absolute atomic E-state index is 0.00431. The first-order valence-corrected chi connectivity index (χ1v) is 12.9. The molecule has 0 spiro atoms. The number of hydrogen-bond acceptors (Lipinski definition) is 6. The number of anilines is 2. The van der Waals surface area contributed by atoms with E-state index in [1.807, 2.05) is 6.92 Å². The van der Waals surface area contributed by atoms with Gasteiger partial charge in [0.05, 0.1) is 30.9 Å². The predicted octanol–water partition coefficient (Wildman–Crippen LogP) is 4.93. The van der Waals surface area contributed by atoms with Gasteiger partial charge in [0.25, 0.3) is 5.91 Å². The molecule has 2 amide bonds. The Balaban J connectivity index is 1.57. The van der Waals surface area contributed by atoms with Gasteiger partial charge in [0.1, 0.15) is 17.6 Å². The second-order valence-electron chi connectivity index (χ2n) is 8.67. The summed E-state index contributed by atoms with van der Waals surface area (Å²) in [6, 6.07) is 18.4. The number of amides is 2. The van der Waals surface area contributed by atoms with Crippen molar-refractivity contribution in [2.75, 3.05) is 23.4 Å². The zero-order valence-electron chi connectivity index (χ0n) is 21.6. The van der Waals surface area contributed by atoms with Crippen LogP contribution in [0.4, 0.5) is 15.8 Å². The molecule has 1 heterocycles. The molecule has 3 aromatic rings. The van der Waals surface area contributed by atoms with Crippen molar-refractivity contribution in [2.24, 2.45) is 0 Å². The molecular formula is C29H28FN3O5S. The highest BCUT2D eigenvalue weighted by Gasteiger charge is 2.44. The quantitative estimate of drug-likeness (QED) is 0.283. The standard InChI is InChI=1S/C29H28FN3O5S/c1-3-37-23-15-11-21(12-16-23)31-26(34)17-25-27(35)33(22-13-9-19(10-14-22)28(36)38-4-2)29(39)32(25)18-20-7-5-6-8-24(20)30/h5-16,25H,3-4,17-18H2,1-2H3,(H,31,34)/t25-/m0/s1. The highest BCUT2D eigenvalue weighted by molar-refractivity contribution is 7.80. The van der Waals surface area contributed by atoms with Gasteiger partial charge >= 0.3 is 5.97 Å². The number of halogens is 1. The van der Waals surface area contributed by atoms with E-state index in [1.165, 1.54) is 23.1 Å². The highest BCUT2D eigenvalue weighted by atomic mass is 32.1. The molecule has 8 nitrogen and oxygen atoms in total. The topological polar surface area (TPSA) is 88.2 Å². The maximum Gasteiger partial charge on any atom is 0.338 e. The predicted molar refractivity (Wildman–Crippen MR) is 149 cm³/mol. The van der Waals surface area contributed by atoms with Crippen LogP contribution in [0.15, 0.2) is 72.8 Å². The second kappa shape index (κ2) is 12.5. The summed E-state index contributed by atoms with van der Waals surface area (Å²) in [5.74, 6) is -1.08. The first-order chi connectivity index (χ1) is 18.8. The summed E-state index contributed by atoms with van der Waals surface area (Å²) >= 11 is 5.66. The lowest BCUT2D eigenvalue weighted by Crippen LogP contribution is -2.37. The molecule has 3 aromatic carbocycles. The molecule has 1 N–H and O–H groups in total. The monoisotopic (exact) mass is 549 g/mol. The maximum atomic E-state index is 14.5. The number of hydrogen-bond donors (Lipinski definition) is 1. The van der Waals surface area contributed by atoms with Crippen LogP contribution in [0.3, 0.4) is 0 Å². The number of carbonyl (C=O) groups is 3. The van der Waals surface area contributed by atoms with Gasteiger partial charge in [-0.2, -0.15) is 0 Å². The molecular weight excluding hydrogens is 521 g/mol. The molecule has 0 unspecified atom stereocenters. The van der Waals surface area contributed by atoms with E-state index in [0.717, 1.165) is 0 Å². The van der Waals surface area contributed by atoms with Gasteiger partial charge in [-0.25, -0.2) is 9.18 Å². The third-order valence-corrected chi connectivity index (χ3v) is 6.50. The average molecular weight is 550 g/mol. The molecule has 0 aromatic heterocycles. The van der Waals surface area contributed by atoms with Gasteiger partial charge in [-0.3, -0.25) is 14.5 Å². The molecule has 39 heavy (non-hydrogen) atoms. The molecule has 1 saturated heterocycles. The molecule has 0 radical (unpaired) electrons. The summed E-state index contributed by atoms with van der Waals surface area (Å²) in [4.78, 5) is 41.6. The number of esters is 1. The molecule has 0 saturated carbocycles. The summed E-state index contributed by atoms with van der Waals surface area (Å²) in [5, 5.41) is 2.93. The number of rotatable bonds is 10. The van der Waals surface area contributed by atoms with Crippen molar-refractivity contribution in [3.63, 3.8) is 0 Å². The van der Waals surface area contributed by atoms with Crippen molar-refractivity contribution in [3.05, 3.63) is 89.7 Å². The number of benzene rings is 3. The average Bonchev–Trinajstić information content (AvgIpc) is 3.15. The van der Waals surface area contributed by atoms with Crippen molar-refractivity contribution in [1.82, 2.24) is 4.90 Å². The fourth-order valence-corrected chi connectivity index (χ4v) is 4.60. The Bertz CT molecular complexity index is 1360. The van der Waals surface area contributed by atoms with Crippen LogP contribution in [0.1, 0.15) is 36.2 Å². The Hall–Kier alpha value is -4.31. The van der Waals surface area contributed by atoms with E-state index in [9.17, 15) is 18.8 Å². The normalized spacial score (nSPS) is 14.9. The van der Waals surface area contributed by atoms with E-state index in [2.05, 4.69) is 5.32 Å². The first kappa shape index (κ1) is 27.7. The zero-order chi connectivity index (χ0) is 27.9. The molecule has 4 rings (SSSR count). The van der Waals surface area contributed by atoms with Crippen molar-refractivity contribution in [3.8, 4) is 5.75 Å². The molecule has 1 aliphatic rings. The van der Waals surface area contributed by atoms with Crippen molar-refractivity contribution in [1.29, 1.82) is 0 Å². The van der Waals surface area contributed by atoms with E-state index >= 15 is 0 Å². The summed E-state index contributed by atoms with van der Waals surface area (Å²) in [6.07, 6.45) is -0.210. The fourth-order valence-electron chi connectivity index (χ4n) is 4.21. The first-order valence-electron chi connectivity index (χ1n) is 12.5. The summed E-state index contributed by atoms with van der Waals surface area (Å²) < 4.78 is 25.0. The van der Waals surface area contributed by atoms with Crippen molar-refractivity contribution >= 4 is 46.5 Å². The van der Waals surface area contributed by atoms with Gasteiger partial charge in [0.2, 0.25) is 5.91 Å². The van der Waals surface area contributed by atoms with Crippen LogP contribution in [-0.4, -0.2) is 47.1 Å². The summed E-state index contributed by atoms with van der Waals surface area (Å²) in [5.41, 5.74) is 1.63. The lowest BCUT2D eigenvalue weighted by molar-refractivity contribution is -0.124. The van der Waals surface area contributed by atoms with Crippen LogP contribution in [0, 0.1) is 5.82 Å². The van der Waals surface area contributed by atoms with E-state index < -0.39 is 29.6 Å². The Morgan fingerprint density at radius 3 is 2.31 bits per heavy atom. The Kier molecular flexibility index (Phi) is 8.88. The second-order valence-corrected chi connectivity index (χ2v) is 9.03. The van der Waals surface area contributed by atoms with Gasteiger partial charge < -0.3 is 19.7 Å². The summed E-state index contributed by atoms with van der Waals surface area (Å²) in [6.45, 7) is 4.35. The van der Waals surface area contributed by atoms with Crippen LogP contribution in [0.2, 0.25) is 0 Å². The van der Waals surface area contributed by atoms with Gasteiger partial charge in [-0.1, -0.05) is 18.2 Å². The minimum atomic E-state index is -0.968. The van der Waals surface area contributed by atoms with Crippen molar-refractivity contribution in [2.45, 2.75) is 32.9 Å². The van der Waals surface area contributed by atoms with Crippen LogP contribution in [0.25, 0.3) is 0 Å². The lowest BCUT2D eigenvalue weighted by Gasteiger charge is -2.24. The summed E-state index contributed by atoms with van der Waals surface area (Å²) in [7, 11) is 0. The van der Waals surface area contributed by atoms with E-state index in [4.69, 9.17) is 21.7 Å². The van der Waals surface area contributed by atoms with E-state index in [0.29, 0.717) is 34.9 Å². The maximum absolute atomic E-state index is 14.5. The minimum Gasteiger partial charge on any atom is -0.494 e. The molecule has 0 aliphatic carbocycles. The smallest absolute Gasteiger partial charge is 0.338 e. The largest absolute Gasteiger partial charge is 0.494 e. The number of thiocarbonyl (C=S) groups is 1. The Morgan fingerprint density at radius 2 is 1.67 bits per heavy atom. The highest BCUT2D eigenvalue weighted by Crippen LogP contribution is 2.30. The van der Waals surface area contributed by atoms with E-state index in [1.54, 1.807) is 66.4 Å². The van der Waals surface area contributed by atoms with E-state index in [-0.39, 0.29) is 24.7 Å². The van der Waals surface area contributed by atoms with Crippen LogP contribution in [0.5, 0.6) is 5.75 Å². The molecule has 1 aliphatic heterocycles. The fraction of sp³-hybridized carbons (Fsp3) is 0.241. The SMILES string of the molecule is CCOC(=O)c1ccc(N2C(=O)[C@H](CC(=O)Nc3ccc(OCC)cc3)N(Cc3ccccc3F)C2=S)cc1. The van der Waals surface area contributed by atoms with Crippen LogP contribution >= 0.6 is 12.2 Å². The third-order valence-electron chi connectivity index (χ3n) is 6.08. The van der Waals surface area contributed by atoms with Gasteiger partial charge in [0.15, 0.2) is 5.11 Å². The number of carbonyl (C=O) groups excluding carboxylic acids is 3. The lowest BCUT2D eigenvalue weighted by atomic mass is 10.1. The van der Waals surface area contributed by atoms with Gasteiger partial charge in [0, 0.05) is 17.8 Å². The molecule has 10 heteroatoms. The molecule has 0 bridgehead atoms. The Labute approximate surface area is 231 Å². The molecule has 1 atom stereocenters.